The number of aromatic nitrogens is 3. The fraction of sp³-hybridized carbons (Fsp3) is 0.360. The summed E-state index contributed by atoms with van der Waals surface area (Å²) >= 11 is 0. The van der Waals surface area contributed by atoms with Crippen molar-refractivity contribution in [2.75, 3.05) is 13.1 Å². The quantitative estimate of drug-likeness (QED) is 0.665. The molecule has 4 heterocycles. The molecular formula is C25H26FN5O2. The third kappa shape index (κ3) is 4.18. The van der Waals surface area contributed by atoms with Crippen LogP contribution in [0.1, 0.15) is 57.6 Å². The maximum Gasteiger partial charge on any atom is 0.256 e. The Kier molecular flexibility index (Phi) is 5.76. The van der Waals surface area contributed by atoms with Crippen molar-refractivity contribution in [1.82, 2.24) is 24.8 Å². The normalized spacial score (nSPS) is 18.4. The number of hydrogen-bond acceptors (Lipinski definition) is 5. The van der Waals surface area contributed by atoms with E-state index in [0.717, 1.165) is 18.5 Å². The molecule has 1 atom stereocenters. The first-order valence-electron chi connectivity index (χ1n) is 11.3. The molecule has 2 aromatic heterocycles. The summed E-state index contributed by atoms with van der Waals surface area (Å²) in [5, 5.41) is 0. The van der Waals surface area contributed by atoms with Gasteiger partial charge in [0.25, 0.3) is 11.5 Å². The number of rotatable bonds is 4. The second-order valence-corrected chi connectivity index (χ2v) is 8.72. The topological polar surface area (TPSA) is 82.2 Å². The fourth-order valence-corrected chi connectivity index (χ4v) is 4.82. The zero-order chi connectivity index (χ0) is 22.9. The van der Waals surface area contributed by atoms with Gasteiger partial charge in [-0.1, -0.05) is 18.2 Å². The predicted molar refractivity (Wildman–Crippen MR) is 121 cm³/mol. The lowest BCUT2D eigenvalue weighted by Crippen LogP contribution is -2.38. The standard InChI is InChI=1S/C25H26FN5O2/c1-16-18(7-4-11-27-16)25(33)31-12-5-9-22(31)23-28-21-10-13-30(15-19(21)24(32)29-23)14-17-6-2-3-8-20(17)26/h2-4,6-8,11,22H,5,9-10,12-15H2,1H3,(H,28,29,32)/t22-/m0/s1. The maximum absolute atomic E-state index is 14.1. The summed E-state index contributed by atoms with van der Waals surface area (Å²) in [7, 11) is 0. The minimum absolute atomic E-state index is 0.0838. The van der Waals surface area contributed by atoms with Gasteiger partial charge < -0.3 is 9.88 Å². The highest BCUT2D eigenvalue weighted by Gasteiger charge is 2.34. The Morgan fingerprint density at radius 1 is 1.21 bits per heavy atom. The molecule has 33 heavy (non-hydrogen) atoms. The minimum atomic E-state index is -0.258. The van der Waals surface area contributed by atoms with Gasteiger partial charge in [-0.15, -0.1) is 0 Å². The van der Waals surface area contributed by atoms with Crippen LogP contribution in [0.15, 0.2) is 47.4 Å². The van der Waals surface area contributed by atoms with Crippen molar-refractivity contribution in [3.05, 3.63) is 92.7 Å². The Labute approximate surface area is 191 Å². The zero-order valence-corrected chi connectivity index (χ0v) is 18.6. The number of aryl methyl sites for hydroxylation is 1. The van der Waals surface area contributed by atoms with Gasteiger partial charge in [0.15, 0.2) is 0 Å². The molecule has 0 unspecified atom stereocenters. The Bertz CT molecular complexity index is 1260. The summed E-state index contributed by atoms with van der Waals surface area (Å²) in [6.45, 7) is 4.01. The van der Waals surface area contributed by atoms with Gasteiger partial charge in [-0.3, -0.25) is 19.5 Å². The van der Waals surface area contributed by atoms with Crippen molar-refractivity contribution in [2.24, 2.45) is 0 Å². The van der Waals surface area contributed by atoms with Crippen LogP contribution < -0.4 is 5.56 Å². The number of pyridine rings is 1. The molecule has 2 aliphatic heterocycles. The molecule has 1 saturated heterocycles. The molecule has 0 bridgehead atoms. The zero-order valence-electron chi connectivity index (χ0n) is 18.6. The number of amides is 1. The first-order valence-corrected chi connectivity index (χ1v) is 11.3. The summed E-state index contributed by atoms with van der Waals surface area (Å²) < 4.78 is 14.1. The van der Waals surface area contributed by atoms with Crippen molar-refractivity contribution >= 4 is 5.91 Å². The summed E-state index contributed by atoms with van der Waals surface area (Å²) in [4.78, 5) is 42.0. The Morgan fingerprint density at radius 3 is 2.88 bits per heavy atom. The van der Waals surface area contributed by atoms with Crippen LogP contribution in [-0.4, -0.2) is 43.7 Å². The van der Waals surface area contributed by atoms with Crippen molar-refractivity contribution in [1.29, 1.82) is 0 Å². The van der Waals surface area contributed by atoms with Crippen molar-refractivity contribution < 1.29 is 9.18 Å². The van der Waals surface area contributed by atoms with E-state index in [9.17, 15) is 14.0 Å². The molecule has 0 spiro atoms. The van der Waals surface area contributed by atoms with Gasteiger partial charge in [0, 0.05) is 50.1 Å². The van der Waals surface area contributed by atoms with Gasteiger partial charge in [0.2, 0.25) is 0 Å². The third-order valence-corrected chi connectivity index (χ3v) is 6.58. The number of nitrogens with zero attached hydrogens (tertiary/aromatic N) is 4. The lowest BCUT2D eigenvalue weighted by Gasteiger charge is -2.29. The number of H-pyrrole nitrogens is 1. The molecule has 0 radical (unpaired) electrons. The molecule has 7 nitrogen and oxygen atoms in total. The lowest BCUT2D eigenvalue weighted by molar-refractivity contribution is 0.0728. The molecule has 1 fully saturated rings. The number of halogens is 1. The number of aromatic amines is 1. The number of benzene rings is 1. The van der Waals surface area contributed by atoms with Gasteiger partial charge in [-0.25, -0.2) is 9.37 Å². The lowest BCUT2D eigenvalue weighted by atomic mass is 10.0. The van der Waals surface area contributed by atoms with Gasteiger partial charge in [0.05, 0.1) is 22.9 Å². The van der Waals surface area contributed by atoms with Gasteiger partial charge in [0.1, 0.15) is 11.6 Å². The fourth-order valence-electron chi connectivity index (χ4n) is 4.82. The van der Waals surface area contributed by atoms with Crippen LogP contribution in [0, 0.1) is 12.7 Å². The van der Waals surface area contributed by atoms with Gasteiger partial charge in [-0.05, 0) is 38.0 Å². The van der Waals surface area contributed by atoms with Crippen LogP contribution in [0.2, 0.25) is 0 Å². The smallest absolute Gasteiger partial charge is 0.256 e. The van der Waals surface area contributed by atoms with E-state index in [2.05, 4.69) is 14.9 Å². The molecule has 3 aromatic rings. The van der Waals surface area contributed by atoms with Gasteiger partial charge >= 0.3 is 0 Å². The molecular weight excluding hydrogens is 421 g/mol. The molecule has 1 N–H and O–H groups in total. The van der Waals surface area contributed by atoms with Crippen LogP contribution in [0.4, 0.5) is 4.39 Å². The van der Waals surface area contributed by atoms with Crippen molar-refractivity contribution in [3.63, 3.8) is 0 Å². The SMILES string of the molecule is Cc1ncccc1C(=O)N1CCC[C@H]1c1nc2c(c(=O)[nH]1)CN(Cc1ccccc1F)CC2. The number of hydrogen-bond donors (Lipinski definition) is 1. The number of likely N-dealkylation sites (tertiary alicyclic amines) is 1. The third-order valence-electron chi connectivity index (χ3n) is 6.58. The van der Waals surface area contributed by atoms with E-state index in [-0.39, 0.29) is 23.3 Å². The summed E-state index contributed by atoms with van der Waals surface area (Å²) in [5.41, 5.74) is 3.11. The maximum atomic E-state index is 14.1. The van der Waals surface area contributed by atoms with Crippen LogP contribution >= 0.6 is 0 Å². The molecule has 5 rings (SSSR count). The first-order chi connectivity index (χ1) is 16.0. The Balaban J connectivity index is 1.38. The van der Waals surface area contributed by atoms with Crippen LogP contribution in [0.3, 0.4) is 0 Å². The molecule has 2 aliphatic rings. The summed E-state index contributed by atoms with van der Waals surface area (Å²) in [6.07, 6.45) is 3.90. The average Bonchev–Trinajstić information content (AvgIpc) is 3.31. The van der Waals surface area contributed by atoms with Crippen LogP contribution in [0.25, 0.3) is 0 Å². The highest BCUT2D eigenvalue weighted by molar-refractivity contribution is 5.95. The van der Waals surface area contributed by atoms with E-state index in [0.29, 0.717) is 60.8 Å². The summed E-state index contributed by atoms with van der Waals surface area (Å²) in [5.74, 6) is 0.230. The molecule has 170 valence electrons. The second-order valence-electron chi connectivity index (χ2n) is 8.72. The highest BCUT2D eigenvalue weighted by Crippen LogP contribution is 2.32. The van der Waals surface area contributed by atoms with Crippen LogP contribution in [0.5, 0.6) is 0 Å². The largest absolute Gasteiger partial charge is 0.328 e. The van der Waals surface area contributed by atoms with E-state index < -0.39 is 0 Å². The Morgan fingerprint density at radius 2 is 2.06 bits per heavy atom. The highest BCUT2D eigenvalue weighted by atomic mass is 19.1. The van der Waals surface area contributed by atoms with Crippen molar-refractivity contribution in [3.8, 4) is 0 Å². The van der Waals surface area contributed by atoms with Crippen molar-refractivity contribution in [2.45, 2.75) is 45.3 Å². The average molecular weight is 448 g/mol. The van der Waals surface area contributed by atoms with E-state index >= 15 is 0 Å². The van der Waals surface area contributed by atoms with E-state index in [4.69, 9.17) is 4.98 Å². The van der Waals surface area contributed by atoms with E-state index in [1.165, 1.54) is 6.07 Å². The monoisotopic (exact) mass is 447 g/mol. The van der Waals surface area contributed by atoms with Gasteiger partial charge in [-0.2, -0.15) is 0 Å². The number of carbonyl (C=O) groups excluding carboxylic acids is 1. The Hall–Kier alpha value is -3.39. The molecule has 8 heteroatoms. The summed E-state index contributed by atoms with van der Waals surface area (Å²) in [6, 6.07) is 10.0. The molecule has 0 saturated carbocycles. The van der Waals surface area contributed by atoms with E-state index in [1.807, 2.05) is 13.0 Å². The first kappa shape index (κ1) is 21.5. The molecule has 1 amide bonds. The predicted octanol–water partition coefficient (Wildman–Crippen LogP) is 3.15. The second kappa shape index (κ2) is 8.86. The molecule has 0 aliphatic carbocycles. The van der Waals surface area contributed by atoms with E-state index in [1.54, 1.807) is 35.4 Å². The number of carbonyl (C=O) groups is 1. The number of nitrogens with one attached hydrogen (secondary N) is 1. The number of fused-ring (bicyclic) bond motifs is 1. The molecule has 1 aromatic carbocycles. The van der Waals surface area contributed by atoms with Crippen LogP contribution in [-0.2, 0) is 19.5 Å². The minimum Gasteiger partial charge on any atom is -0.328 e.